The highest BCUT2D eigenvalue weighted by Gasteiger charge is 2.20. The van der Waals surface area contributed by atoms with E-state index in [0.717, 1.165) is 15.3 Å². The SMILES string of the molecule is CN(C)S(=O)(=O)c1ccccc1CNC(=O)Nn1cnc2ccccc21. The van der Waals surface area contributed by atoms with E-state index in [4.69, 9.17) is 0 Å². The van der Waals surface area contributed by atoms with Crippen molar-refractivity contribution in [3.63, 3.8) is 0 Å². The summed E-state index contributed by atoms with van der Waals surface area (Å²) in [7, 11) is -0.650. The van der Waals surface area contributed by atoms with Crippen LogP contribution in [-0.4, -0.2) is 42.5 Å². The molecule has 3 rings (SSSR count). The van der Waals surface area contributed by atoms with Crippen molar-refractivity contribution in [2.24, 2.45) is 0 Å². The topological polar surface area (TPSA) is 96.3 Å². The number of nitrogens with one attached hydrogen (secondary N) is 2. The minimum absolute atomic E-state index is 0.0711. The monoisotopic (exact) mass is 373 g/mol. The standard InChI is InChI=1S/C17H19N5O3S/c1-21(2)26(24,25)16-10-6-3-7-13(16)11-18-17(23)20-22-12-19-14-8-4-5-9-15(14)22/h3-10,12H,11H2,1-2H3,(H2,18,20,23). The van der Waals surface area contributed by atoms with Gasteiger partial charge in [-0.2, -0.15) is 0 Å². The van der Waals surface area contributed by atoms with Gasteiger partial charge in [-0.25, -0.2) is 32.6 Å². The second-order valence-electron chi connectivity index (χ2n) is 5.79. The summed E-state index contributed by atoms with van der Waals surface area (Å²) in [5.41, 5.74) is 4.69. The first-order valence-corrected chi connectivity index (χ1v) is 9.31. The van der Waals surface area contributed by atoms with Crippen LogP contribution in [0.25, 0.3) is 11.0 Å². The van der Waals surface area contributed by atoms with Crippen molar-refractivity contribution < 1.29 is 13.2 Å². The Morgan fingerprint density at radius 2 is 1.81 bits per heavy atom. The van der Waals surface area contributed by atoms with Crippen molar-refractivity contribution in [1.29, 1.82) is 0 Å². The lowest BCUT2D eigenvalue weighted by molar-refractivity contribution is 0.249. The fraction of sp³-hybridized carbons (Fsp3) is 0.176. The molecule has 0 bridgehead atoms. The van der Waals surface area contributed by atoms with E-state index in [1.807, 2.05) is 24.3 Å². The number of fused-ring (bicyclic) bond motifs is 1. The molecule has 0 saturated carbocycles. The summed E-state index contributed by atoms with van der Waals surface area (Å²) in [6.07, 6.45) is 1.51. The summed E-state index contributed by atoms with van der Waals surface area (Å²) in [6, 6.07) is 13.5. The number of imidazole rings is 1. The molecule has 26 heavy (non-hydrogen) atoms. The van der Waals surface area contributed by atoms with Crippen LogP contribution in [0.5, 0.6) is 0 Å². The minimum atomic E-state index is -3.59. The van der Waals surface area contributed by atoms with E-state index in [-0.39, 0.29) is 11.4 Å². The summed E-state index contributed by atoms with van der Waals surface area (Å²) in [5.74, 6) is 0. The van der Waals surface area contributed by atoms with Crippen molar-refractivity contribution in [1.82, 2.24) is 19.3 Å². The van der Waals surface area contributed by atoms with Crippen LogP contribution in [0.4, 0.5) is 4.79 Å². The smallest absolute Gasteiger partial charge is 0.333 e. The van der Waals surface area contributed by atoms with Gasteiger partial charge in [0.2, 0.25) is 10.0 Å². The van der Waals surface area contributed by atoms with Crippen LogP contribution in [0.15, 0.2) is 59.8 Å². The van der Waals surface area contributed by atoms with Crippen LogP contribution in [-0.2, 0) is 16.6 Å². The van der Waals surface area contributed by atoms with Gasteiger partial charge in [0, 0.05) is 20.6 Å². The molecule has 0 spiro atoms. The van der Waals surface area contributed by atoms with Gasteiger partial charge in [0.05, 0.1) is 15.9 Å². The van der Waals surface area contributed by atoms with Gasteiger partial charge < -0.3 is 5.32 Å². The molecule has 0 radical (unpaired) electrons. The third-order valence-corrected chi connectivity index (χ3v) is 5.76. The van der Waals surface area contributed by atoms with E-state index >= 15 is 0 Å². The van der Waals surface area contributed by atoms with Gasteiger partial charge in [-0.05, 0) is 23.8 Å². The summed E-state index contributed by atoms with van der Waals surface area (Å²) in [4.78, 5) is 16.5. The molecule has 0 unspecified atom stereocenters. The van der Waals surface area contributed by atoms with Crippen molar-refractivity contribution in [2.45, 2.75) is 11.4 Å². The van der Waals surface area contributed by atoms with E-state index < -0.39 is 16.1 Å². The first-order chi connectivity index (χ1) is 12.4. The predicted molar refractivity (Wildman–Crippen MR) is 98.6 cm³/mol. The number of urea groups is 1. The second kappa shape index (κ2) is 7.14. The Bertz CT molecular complexity index is 1040. The summed E-state index contributed by atoms with van der Waals surface area (Å²) < 4.78 is 27.4. The molecule has 0 atom stereocenters. The fourth-order valence-electron chi connectivity index (χ4n) is 2.47. The summed E-state index contributed by atoms with van der Waals surface area (Å²) >= 11 is 0. The number of carbonyl (C=O) groups excluding carboxylic acids is 1. The van der Waals surface area contributed by atoms with Crippen LogP contribution in [0, 0.1) is 0 Å². The number of para-hydroxylation sites is 2. The first kappa shape index (κ1) is 17.9. The van der Waals surface area contributed by atoms with Crippen LogP contribution in [0.2, 0.25) is 0 Å². The second-order valence-corrected chi connectivity index (χ2v) is 7.91. The number of hydrogen-bond donors (Lipinski definition) is 2. The highest BCUT2D eigenvalue weighted by atomic mass is 32.2. The maximum Gasteiger partial charge on any atom is 0.334 e. The lowest BCUT2D eigenvalue weighted by Gasteiger charge is -2.15. The molecule has 0 fully saturated rings. The van der Waals surface area contributed by atoms with E-state index in [2.05, 4.69) is 15.7 Å². The number of rotatable bonds is 5. The van der Waals surface area contributed by atoms with Crippen LogP contribution in [0.1, 0.15) is 5.56 Å². The Morgan fingerprint density at radius 1 is 1.12 bits per heavy atom. The zero-order valence-electron chi connectivity index (χ0n) is 14.4. The largest absolute Gasteiger partial charge is 0.334 e. The number of aromatic nitrogens is 2. The minimum Gasteiger partial charge on any atom is -0.333 e. The molecular formula is C17H19N5O3S. The predicted octanol–water partition coefficient (Wildman–Crippen LogP) is 1.74. The van der Waals surface area contributed by atoms with Crippen molar-refractivity contribution in [3.05, 3.63) is 60.4 Å². The normalized spacial score (nSPS) is 11.7. The average Bonchev–Trinajstić information content (AvgIpc) is 3.03. The summed E-state index contributed by atoms with van der Waals surface area (Å²) in [5, 5.41) is 2.67. The molecule has 2 aromatic carbocycles. The maximum atomic E-state index is 12.4. The Hall–Kier alpha value is -2.91. The molecule has 0 aliphatic carbocycles. The van der Waals surface area contributed by atoms with Gasteiger partial charge in [-0.1, -0.05) is 30.3 Å². The lowest BCUT2D eigenvalue weighted by Crippen LogP contribution is -2.34. The maximum absolute atomic E-state index is 12.4. The third kappa shape index (κ3) is 3.53. The number of nitrogens with zero attached hydrogens (tertiary/aromatic N) is 3. The first-order valence-electron chi connectivity index (χ1n) is 7.87. The van der Waals surface area contributed by atoms with Crippen molar-refractivity contribution in [3.8, 4) is 0 Å². The number of benzene rings is 2. The highest BCUT2D eigenvalue weighted by molar-refractivity contribution is 7.89. The van der Waals surface area contributed by atoms with E-state index in [0.29, 0.717) is 5.56 Å². The molecule has 1 aromatic heterocycles. The lowest BCUT2D eigenvalue weighted by atomic mass is 10.2. The quantitative estimate of drug-likeness (QED) is 0.712. The van der Waals surface area contributed by atoms with Crippen molar-refractivity contribution in [2.75, 3.05) is 19.5 Å². The van der Waals surface area contributed by atoms with Crippen LogP contribution in [0.3, 0.4) is 0 Å². The fourth-order valence-corrected chi connectivity index (χ4v) is 3.59. The Labute approximate surface area is 151 Å². The van der Waals surface area contributed by atoms with Gasteiger partial charge >= 0.3 is 6.03 Å². The van der Waals surface area contributed by atoms with E-state index in [1.54, 1.807) is 18.2 Å². The molecule has 0 aliphatic rings. The van der Waals surface area contributed by atoms with Crippen LogP contribution >= 0.6 is 0 Å². The molecule has 2 amide bonds. The van der Waals surface area contributed by atoms with E-state index in [1.165, 1.54) is 31.2 Å². The Balaban J connectivity index is 1.73. The third-order valence-electron chi connectivity index (χ3n) is 3.85. The molecule has 1 heterocycles. The van der Waals surface area contributed by atoms with Crippen LogP contribution < -0.4 is 10.7 Å². The van der Waals surface area contributed by atoms with Gasteiger partial charge in [-0.3, -0.25) is 0 Å². The van der Waals surface area contributed by atoms with Crippen molar-refractivity contribution >= 4 is 27.1 Å². The van der Waals surface area contributed by atoms with Gasteiger partial charge in [-0.15, -0.1) is 0 Å². The molecule has 0 aliphatic heterocycles. The zero-order valence-corrected chi connectivity index (χ0v) is 15.2. The molecule has 2 N–H and O–H groups in total. The van der Waals surface area contributed by atoms with Gasteiger partial charge in [0.1, 0.15) is 6.33 Å². The summed E-state index contributed by atoms with van der Waals surface area (Å²) in [6.45, 7) is 0.0711. The number of carbonyl (C=O) groups is 1. The molecule has 0 saturated heterocycles. The number of amides is 2. The number of hydrogen-bond acceptors (Lipinski definition) is 4. The van der Waals surface area contributed by atoms with Gasteiger partial charge in [0.25, 0.3) is 0 Å². The molecule has 3 aromatic rings. The Kier molecular flexibility index (Phi) is 4.92. The Morgan fingerprint density at radius 3 is 2.58 bits per heavy atom. The zero-order chi connectivity index (χ0) is 18.7. The van der Waals surface area contributed by atoms with Gasteiger partial charge in [0.15, 0.2) is 0 Å². The number of sulfonamides is 1. The molecule has 136 valence electrons. The highest BCUT2D eigenvalue weighted by Crippen LogP contribution is 2.18. The molecule has 9 heteroatoms. The molecular weight excluding hydrogens is 354 g/mol. The average molecular weight is 373 g/mol. The van der Waals surface area contributed by atoms with E-state index in [9.17, 15) is 13.2 Å². The molecule has 8 nitrogen and oxygen atoms in total.